The number of rotatable bonds is 3. The molecule has 0 unspecified atom stereocenters. The fourth-order valence-electron chi connectivity index (χ4n) is 3.74. The smallest absolute Gasteiger partial charge is 0.340 e. The molecule has 0 radical (unpaired) electrons. The predicted molar refractivity (Wildman–Crippen MR) is 97.2 cm³/mol. The lowest BCUT2D eigenvalue weighted by molar-refractivity contribution is -0.235. The van der Waals surface area contributed by atoms with E-state index < -0.39 is 42.1 Å². The first-order valence-electron chi connectivity index (χ1n) is 9.28. The first-order chi connectivity index (χ1) is 13.2. The van der Waals surface area contributed by atoms with Crippen LogP contribution in [0.3, 0.4) is 0 Å². The molecule has 150 valence electrons. The predicted octanol–water partition coefficient (Wildman–Crippen LogP) is 2.22. The summed E-state index contributed by atoms with van der Waals surface area (Å²) in [5, 5.41) is 0. The summed E-state index contributed by atoms with van der Waals surface area (Å²) < 4.78 is 35.2. The van der Waals surface area contributed by atoms with Crippen molar-refractivity contribution in [3.8, 4) is 12.3 Å². The molecule has 7 nitrogen and oxygen atoms in total. The summed E-state index contributed by atoms with van der Waals surface area (Å²) in [6.07, 6.45) is 2.62. The molecule has 5 atom stereocenters. The number of hydrogen-bond donors (Lipinski definition) is 0. The quantitative estimate of drug-likeness (QED) is 0.581. The van der Waals surface area contributed by atoms with E-state index in [-0.39, 0.29) is 6.10 Å². The number of carbonyl (C=O) groups excluding carboxylic acids is 1. The maximum atomic E-state index is 12.6. The molecule has 1 aromatic carbocycles. The van der Waals surface area contributed by atoms with Gasteiger partial charge >= 0.3 is 5.97 Å². The highest BCUT2D eigenvalue weighted by Crippen LogP contribution is 2.42. The minimum atomic E-state index is -0.913. The van der Waals surface area contributed by atoms with Gasteiger partial charge in [-0.05, 0) is 52.0 Å². The Balaban J connectivity index is 1.50. The molecule has 3 saturated heterocycles. The molecule has 0 amide bonds. The molecule has 0 aliphatic carbocycles. The molecule has 28 heavy (non-hydrogen) atoms. The second-order valence-corrected chi connectivity index (χ2v) is 8.03. The highest BCUT2D eigenvalue weighted by atomic mass is 16.8. The van der Waals surface area contributed by atoms with Crippen molar-refractivity contribution in [2.24, 2.45) is 0 Å². The Kier molecular flexibility index (Phi) is 4.73. The van der Waals surface area contributed by atoms with Gasteiger partial charge in [0.05, 0.1) is 12.2 Å². The number of fused-ring (bicyclic) bond motifs is 1. The molecular weight excluding hydrogens is 364 g/mol. The van der Waals surface area contributed by atoms with Crippen LogP contribution < -0.4 is 0 Å². The Morgan fingerprint density at radius 1 is 1.04 bits per heavy atom. The Bertz CT molecular complexity index is 792. The second-order valence-electron chi connectivity index (χ2n) is 8.03. The van der Waals surface area contributed by atoms with Crippen LogP contribution in [0.4, 0.5) is 0 Å². The van der Waals surface area contributed by atoms with E-state index in [1.165, 1.54) is 0 Å². The van der Waals surface area contributed by atoms with Crippen molar-refractivity contribution in [2.45, 2.75) is 70.0 Å². The highest BCUT2D eigenvalue weighted by molar-refractivity contribution is 5.89. The summed E-state index contributed by atoms with van der Waals surface area (Å²) >= 11 is 0. The monoisotopic (exact) mass is 388 g/mol. The maximum absolute atomic E-state index is 12.6. The van der Waals surface area contributed by atoms with Gasteiger partial charge in [0.2, 0.25) is 6.29 Å². The summed E-state index contributed by atoms with van der Waals surface area (Å²) in [5.41, 5.74) is 1.06. The lowest BCUT2D eigenvalue weighted by Crippen LogP contribution is -2.40. The molecule has 0 N–H and O–H groups in total. The SMILES string of the molecule is C#Cc1ccc(C(=O)O[C@H]2O[C@H]([C@H]3COC(C)(C)O3)[C@@H]3OC(C)(C)O[C@H]23)cc1. The van der Waals surface area contributed by atoms with Crippen LogP contribution in [0, 0.1) is 12.3 Å². The zero-order chi connectivity index (χ0) is 20.1. The van der Waals surface area contributed by atoms with E-state index in [2.05, 4.69) is 5.92 Å². The molecule has 0 aromatic heterocycles. The van der Waals surface area contributed by atoms with Crippen molar-refractivity contribution < 1.29 is 33.2 Å². The third-order valence-electron chi connectivity index (χ3n) is 4.95. The molecule has 3 aliphatic rings. The van der Waals surface area contributed by atoms with Crippen molar-refractivity contribution in [2.75, 3.05) is 6.61 Å². The first kappa shape index (κ1) is 19.4. The van der Waals surface area contributed by atoms with Gasteiger partial charge in [0, 0.05) is 5.56 Å². The number of hydrogen-bond acceptors (Lipinski definition) is 7. The number of terminal acetylenes is 1. The van der Waals surface area contributed by atoms with Crippen molar-refractivity contribution in [1.29, 1.82) is 0 Å². The summed E-state index contributed by atoms with van der Waals surface area (Å²) in [6.45, 7) is 7.67. The number of ether oxygens (including phenoxy) is 6. The topological polar surface area (TPSA) is 72.5 Å². The van der Waals surface area contributed by atoms with Gasteiger partial charge in [0.25, 0.3) is 0 Å². The lowest BCUT2D eigenvalue weighted by Gasteiger charge is -2.26. The van der Waals surface area contributed by atoms with E-state index in [9.17, 15) is 4.79 Å². The van der Waals surface area contributed by atoms with E-state index in [0.717, 1.165) is 0 Å². The summed E-state index contributed by atoms with van der Waals surface area (Å²) in [6, 6.07) is 6.60. The van der Waals surface area contributed by atoms with E-state index in [1.807, 2.05) is 27.7 Å². The van der Waals surface area contributed by atoms with Crippen molar-refractivity contribution in [3.05, 3.63) is 35.4 Å². The fraction of sp³-hybridized carbons (Fsp3) is 0.571. The summed E-state index contributed by atoms with van der Waals surface area (Å²) in [7, 11) is 0. The van der Waals surface area contributed by atoms with Crippen LogP contribution in [0.1, 0.15) is 43.6 Å². The van der Waals surface area contributed by atoms with Crippen molar-refractivity contribution in [3.63, 3.8) is 0 Å². The zero-order valence-electron chi connectivity index (χ0n) is 16.3. The number of esters is 1. The van der Waals surface area contributed by atoms with E-state index in [4.69, 9.17) is 34.8 Å². The molecule has 0 spiro atoms. The summed E-state index contributed by atoms with van der Waals surface area (Å²) in [4.78, 5) is 12.6. The molecule has 0 bridgehead atoms. The average molecular weight is 388 g/mol. The molecular formula is C21H24O7. The van der Waals surface area contributed by atoms with Gasteiger partial charge in [-0.3, -0.25) is 0 Å². The van der Waals surface area contributed by atoms with Gasteiger partial charge in [-0.25, -0.2) is 4.79 Å². The second kappa shape index (κ2) is 6.83. The molecule has 3 fully saturated rings. The first-order valence-corrected chi connectivity index (χ1v) is 9.28. The summed E-state index contributed by atoms with van der Waals surface area (Å²) in [5.74, 6) is 0.471. The third-order valence-corrected chi connectivity index (χ3v) is 4.95. The Morgan fingerprint density at radius 2 is 1.71 bits per heavy atom. The van der Waals surface area contributed by atoms with E-state index in [1.54, 1.807) is 24.3 Å². The van der Waals surface area contributed by atoms with Crippen molar-refractivity contribution in [1.82, 2.24) is 0 Å². The van der Waals surface area contributed by atoms with Crippen LogP contribution in [0.5, 0.6) is 0 Å². The highest BCUT2D eigenvalue weighted by Gasteiger charge is 2.60. The van der Waals surface area contributed by atoms with Gasteiger partial charge in [-0.15, -0.1) is 6.42 Å². The zero-order valence-corrected chi connectivity index (χ0v) is 16.3. The van der Waals surface area contributed by atoms with E-state index in [0.29, 0.717) is 17.7 Å². The standard InChI is InChI=1S/C21H24O7/c1-6-12-7-9-13(10-8-12)18(22)25-19-17-16(27-21(4,5)28-17)15(24-19)14-11-23-20(2,3)26-14/h1,7-10,14-17,19H,11H2,2-5H3/t14-,15-,16+,17+,19-/m1/s1. The van der Waals surface area contributed by atoms with Crippen LogP contribution in [-0.2, 0) is 28.4 Å². The van der Waals surface area contributed by atoms with Crippen LogP contribution in [0.2, 0.25) is 0 Å². The fourth-order valence-corrected chi connectivity index (χ4v) is 3.74. The minimum Gasteiger partial charge on any atom is -0.429 e. The van der Waals surface area contributed by atoms with Gasteiger partial charge < -0.3 is 28.4 Å². The Labute approximate surface area is 164 Å². The Hall–Kier alpha value is -1.95. The largest absolute Gasteiger partial charge is 0.429 e. The third kappa shape index (κ3) is 3.66. The molecule has 0 saturated carbocycles. The Morgan fingerprint density at radius 3 is 2.32 bits per heavy atom. The maximum Gasteiger partial charge on any atom is 0.340 e. The molecule has 1 aromatic rings. The van der Waals surface area contributed by atoms with Crippen LogP contribution in [-0.4, -0.2) is 54.9 Å². The lowest BCUT2D eigenvalue weighted by atomic mass is 10.1. The number of benzene rings is 1. The van der Waals surface area contributed by atoms with Crippen molar-refractivity contribution >= 4 is 5.97 Å². The molecule has 4 rings (SSSR count). The van der Waals surface area contributed by atoms with Gasteiger partial charge in [0.1, 0.15) is 18.3 Å². The van der Waals surface area contributed by atoms with Gasteiger partial charge in [-0.2, -0.15) is 0 Å². The van der Waals surface area contributed by atoms with E-state index >= 15 is 0 Å². The van der Waals surface area contributed by atoms with Crippen LogP contribution >= 0.6 is 0 Å². The van der Waals surface area contributed by atoms with Crippen LogP contribution in [0.25, 0.3) is 0 Å². The van der Waals surface area contributed by atoms with Gasteiger partial charge in [0.15, 0.2) is 17.7 Å². The van der Waals surface area contributed by atoms with Gasteiger partial charge in [-0.1, -0.05) is 5.92 Å². The molecule has 7 heteroatoms. The normalized spacial score (nSPS) is 35.3. The molecule has 3 aliphatic heterocycles. The minimum absolute atomic E-state index is 0.349. The number of carbonyl (C=O) groups is 1. The molecule has 3 heterocycles. The average Bonchev–Trinajstić information content (AvgIpc) is 3.26. The van der Waals surface area contributed by atoms with Crippen LogP contribution in [0.15, 0.2) is 24.3 Å².